The molecule has 4 rings (SSSR count). The van der Waals surface area contributed by atoms with Crippen LogP contribution in [0.15, 0.2) is 24.4 Å². The summed E-state index contributed by atoms with van der Waals surface area (Å²) in [5.41, 5.74) is 2.62. The molecule has 27 heavy (non-hydrogen) atoms. The monoisotopic (exact) mass is 367 g/mol. The standard InChI is InChI=1S/C20H25N5O2/c1-3-21-20-22-12-15-19(25-20)24-18(23-15)11-13-8-9-16(26-2)17(10-13)27-14-6-4-5-7-14/h8-10,12,14H,3-7,11H2,1-2H3,(H2,21,22,23,24,25). The molecule has 0 aliphatic heterocycles. The normalized spacial score (nSPS) is 14.6. The van der Waals surface area contributed by atoms with Crippen molar-refractivity contribution in [3.8, 4) is 11.5 Å². The fourth-order valence-electron chi connectivity index (χ4n) is 3.49. The van der Waals surface area contributed by atoms with Gasteiger partial charge in [0.2, 0.25) is 5.95 Å². The highest BCUT2D eigenvalue weighted by atomic mass is 16.5. The maximum atomic E-state index is 6.19. The lowest BCUT2D eigenvalue weighted by Gasteiger charge is -2.16. The lowest BCUT2D eigenvalue weighted by molar-refractivity contribution is 0.200. The summed E-state index contributed by atoms with van der Waals surface area (Å²) < 4.78 is 11.7. The number of hydrogen-bond acceptors (Lipinski definition) is 6. The van der Waals surface area contributed by atoms with Crippen LogP contribution in [0.4, 0.5) is 5.95 Å². The Kier molecular flexibility index (Phi) is 5.09. The number of ether oxygens (including phenoxy) is 2. The molecule has 142 valence electrons. The minimum atomic E-state index is 0.292. The van der Waals surface area contributed by atoms with E-state index < -0.39 is 0 Å². The molecule has 0 saturated heterocycles. The molecule has 2 heterocycles. The fraction of sp³-hybridized carbons (Fsp3) is 0.450. The van der Waals surface area contributed by atoms with Crippen LogP contribution in [-0.4, -0.2) is 39.7 Å². The third-order valence-electron chi connectivity index (χ3n) is 4.82. The summed E-state index contributed by atoms with van der Waals surface area (Å²) in [6.07, 6.45) is 7.42. The number of aromatic amines is 1. The molecular formula is C20H25N5O2. The van der Waals surface area contributed by atoms with Gasteiger partial charge in [0, 0.05) is 13.0 Å². The molecule has 1 aliphatic rings. The number of nitrogens with zero attached hydrogens (tertiary/aromatic N) is 3. The molecule has 3 aromatic rings. The Balaban J connectivity index is 1.55. The number of rotatable bonds is 7. The van der Waals surface area contributed by atoms with Crippen LogP contribution < -0.4 is 14.8 Å². The van der Waals surface area contributed by atoms with E-state index in [-0.39, 0.29) is 0 Å². The first-order chi connectivity index (χ1) is 13.2. The summed E-state index contributed by atoms with van der Waals surface area (Å²) in [6.45, 7) is 2.79. The van der Waals surface area contributed by atoms with Crippen molar-refractivity contribution in [1.82, 2.24) is 19.9 Å². The number of H-pyrrole nitrogens is 1. The van der Waals surface area contributed by atoms with Gasteiger partial charge in [-0.15, -0.1) is 0 Å². The molecule has 1 fully saturated rings. The second-order valence-corrected chi connectivity index (χ2v) is 6.83. The topological polar surface area (TPSA) is 85.0 Å². The predicted molar refractivity (Wildman–Crippen MR) is 105 cm³/mol. The minimum Gasteiger partial charge on any atom is -0.493 e. The van der Waals surface area contributed by atoms with Gasteiger partial charge in [0.15, 0.2) is 17.1 Å². The van der Waals surface area contributed by atoms with E-state index in [0.717, 1.165) is 47.8 Å². The highest BCUT2D eigenvalue weighted by Gasteiger charge is 2.19. The van der Waals surface area contributed by atoms with E-state index in [9.17, 15) is 0 Å². The summed E-state index contributed by atoms with van der Waals surface area (Å²) in [7, 11) is 1.68. The Morgan fingerprint density at radius 3 is 2.81 bits per heavy atom. The first-order valence-corrected chi connectivity index (χ1v) is 9.54. The molecule has 0 radical (unpaired) electrons. The van der Waals surface area contributed by atoms with Gasteiger partial charge in [0.05, 0.1) is 19.4 Å². The van der Waals surface area contributed by atoms with Crippen molar-refractivity contribution in [3.63, 3.8) is 0 Å². The predicted octanol–water partition coefficient (Wildman–Crippen LogP) is 3.71. The van der Waals surface area contributed by atoms with E-state index in [0.29, 0.717) is 24.1 Å². The number of nitrogens with one attached hydrogen (secondary N) is 2. The third-order valence-corrected chi connectivity index (χ3v) is 4.82. The molecule has 1 aliphatic carbocycles. The van der Waals surface area contributed by atoms with Crippen molar-refractivity contribution in [1.29, 1.82) is 0 Å². The Labute approximate surface area is 158 Å². The van der Waals surface area contributed by atoms with Crippen LogP contribution in [0.3, 0.4) is 0 Å². The smallest absolute Gasteiger partial charge is 0.224 e. The number of benzene rings is 1. The summed E-state index contributed by atoms with van der Waals surface area (Å²) in [5.74, 6) is 3.04. The largest absolute Gasteiger partial charge is 0.493 e. The Morgan fingerprint density at radius 1 is 1.19 bits per heavy atom. The molecule has 0 amide bonds. The van der Waals surface area contributed by atoms with Gasteiger partial charge in [-0.25, -0.2) is 9.97 Å². The third kappa shape index (κ3) is 3.97. The van der Waals surface area contributed by atoms with Crippen molar-refractivity contribution in [2.75, 3.05) is 19.0 Å². The van der Waals surface area contributed by atoms with E-state index in [2.05, 4.69) is 31.3 Å². The van der Waals surface area contributed by atoms with Crippen LogP contribution in [0, 0.1) is 0 Å². The Morgan fingerprint density at radius 2 is 2.04 bits per heavy atom. The van der Waals surface area contributed by atoms with Gasteiger partial charge in [-0.05, 0) is 50.3 Å². The quantitative estimate of drug-likeness (QED) is 0.662. The maximum Gasteiger partial charge on any atom is 0.224 e. The second kappa shape index (κ2) is 7.82. The fourth-order valence-corrected chi connectivity index (χ4v) is 3.49. The van der Waals surface area contributed by atoms with E-state index in [1.54, 1.807) is 13.3 Å². The summed E-state index contributed by atoms with van der Waals surface area (Å²) in [5, 5.41) is 3.11. The molecule has 0 unspecified atom stereocenters. The molecule has 1 aromatic carbocycles. The molecule has 1 saturated carbocycles. The van der Waals surface area contributed by atoms with Gasteiger partial charge in [0.25, 0.3) is 0 Å². The van der Waals surface area contributed by atoms with Crippen LogP contribution >= 0.6 is 0 Å². The van der Waals surface area contributed by atoms with E-state index in [4.69, 9.17) is 9.47 Å². The molecule has 7 heteroatoms. The van der Waals surface area contributed by atoms with Gasteiger partial charge >= 0.3 is 0 Å². The SMILES string of the molecule is CCNc1ncc2[nH]c(Cc3ccc(OC)c(OC4CCCC4)c3)nc2n1. The van der Waals surface area contributed by atoms with Crippen LogP contribution in [-0.2, 0) is 6.42 Å². The average molecular weight is 367 g/mol. The molecule has 2 aromatic heterocycles. The molecule has 7 nitrogen and oxygen atoms in total. The van der Waals surface area contributed by atoms with Gasteiger partial charge < -0.3 is 19.8 Å². The molecule has 2 N–H and O–H groups in total. The number of methoxy groups -OCH3 is 1. The zero-order chi connectivity index (χ0) is 18.6. The highest BCUT2D eigenvalue weighted by Crippen LogP contribution is 2.33. The van der Waals surface area contributed by atoms with Crippen molar-refractivity contribution < 1.29 is 9.47 Å². The minimum absolute atomic E-state index is 0.292. The van der Waals surface area contributed by atoms with Crippen molar-refractivity contribution >= 4 is 17.1 Å². The lowest BCUT2D eigenvalue weighted by Crippen LogP contribution is -2.11. The molecule has 0 spiro atoms. The van der Waals surface area contributed by atoms with Crippen molar-refractivity contribution in [3.05, 3.63) is 35.8 Å². The first kappa shape index (κ1) is 17.6. The first-order valence-electron chi connectivity index (χ1n) is 9.54. The number of imidazole rings is 1. The Hall–Kier alpha value is -2.83. The van der Waals surface area contributed by atoms with Crippen LogP contribution in [0.1, 0.15) is 44.0 Å². The van der Waals surface area contributed by atoms with Crippen molar-refractivity contribution in [2.45, 2.75) is 45.1 Å². The summed E-state index contributed by atoms with van der Waals surface area (Å²) in [4.78, 5) is 16.6. The number of aromatic nitrogens is 4. The molecule has 0 bridgehead atoms. The summed E-state index contributed by atoms with van der Waals surface area (Å²) in [6, 6.07) is 6.06. The molecular weight excluding hydrogens is 342 g/mol. The van der Waals surface area contributed by atoms with E-state index in [1.807, 2.05) is 19.1 Å². The van der Waals surface area contributed by atoms with E-state index >= 15 is 0 Å². The number of anilines is 1. The number of fused-ring (bicyclic) bond motifs is 1. The van der Waals surface area contributed by atoms with Gasteiger partial charge in [-0.2, -0.15) is 4.98 Å². The van der Waals surface area contributed by atoms with Gasteiger partial charge in [-0.1, -0.05) is 6.07 Å². The van der Waals surface area contributed by atoms with Gasteiger partial charge in [-0.3, -0.25) is 0 Å². The number of hydrogen-bond donors (Lipinski definition) is 2. The van der Waals surface area contributed by atoms with Gasteiger partial charge in [0.1, 0.15) is 11.3 Å². The summed E-state index contributed by atoms with van der Waals surface area (Å²) >= 11 is 0. The van der Waals surface area contributed by atoms with Crippen LogP contribution in [0.25, 0.3) is 11.2 Å². The lowest BCUT2D eigenvalue weighted by atomic mass is 10.1. The average Bonchev–Trinajstić information content (AvgIpc) is 3.31. The van der Waals surface area contributed by atoms with E-state index in [1.165, 1.54) is 12.8 Å². The second-order valence-electron chi connectivity index (χ2n) is 6.83. The zero-order valence-corrected chi connectivity index (χ0v) is 15.8. The van der Waals surface area contributed by atoms with Crippen LogP contribution in [0.2, 0.25) is 0 Å². The van der Waals surface area contributed by atoms with Crippen molar-refractivity contribution in [2.24, 2.45) is 0 Å². The highest BCUT2D eigenvalue weighted by molar-refractivity contribution is 5.70. The zero-order valence-electron chi connectivity index (χ0n) is 15.8. The maximum absolute atomic E-state index is 6.19. The Bertz CT molecular complexity index is 918. The van der Waals surface area contributed by atoms with Crippen LogP contribution in [0.5, 0.6) is 11.5 Å². The molecule has 0 atom stereocenters.